The van der Waals surface area contributed by atoms with Crippen molar-refractivity contribution in [2.45, 2.75) is 50.7 Å². The molecule has 1 aliphatic carbocycles. The lowest BCUT2D eigenvalue weighted by Crippen LogP contribution is -2.16. The van der Waals surface area contributed by atoms with E-state index in [0.717, 1.165) is 28.7 Å². The van der Waals surface area contributed by atoms with E-state index in [9.17, 15) is 4.79 Å². The monoisotopic (exact) mass is 501 g/mol. The molecule has 0 spiro atoms. The van der Waals surface area contributed by atoms with Crippen molar-refractivity contribution < 1.29 is 28.5 Å². The molecule has 1 N–H and O–H groups in total. The average molecular weight is 502 g/mol. The number of benzene rings is 2. The van der Waals surface area contributed by atoms with E-state index in [-0.39, 0.29) is 24.3 Å². The van der Waals surface area contributed by atoms with Crippen LogP contribution in [0.1, 0.15) is 54.9 Å². The molecule has 0 radical (unpaired) electrons. The minimum Gasteiger partial charge on any atom is -0.486 e. The molecule has 5 rings (SSSR count). The summed E-state index contributed by atoms with van der Waals surface area (Å²) in [6, 6.07) is 14.3. The Hall–Kier alpha value is -3.89. The summed E-state index contributed by atoms with van der Waals surface area (Å²) in [6.07, 6.45) is 3.52. The fourth-order valence-corrected chi connectivity index (χ4v) is 4.99. The molecule has 0 amide bonds. The van der Waals surface area contributed by atoms with Crippen molar-refractivity contribution in [1.29, 1.82) is 0 Å². The Morgan fingerprint density at radius 3 is 2.68 bits per heavy atom. The molecule has 7 heteroatoms. The molecule has 0 saturated carbocycles. The van der Waals surface area contributed by atoms with Gasteiger partial charge < -0.3 is 19.3 Å². The van der Waals surface area contributed by atoms with Crippen molar-refractivity contribution in [3.8, 4) is 34.6 Å². The van der Waals surface area contributed by atoms with Gasteiger partial charge in [-0.15, -0.1) is 5.92 Å². The first-order valence-electron chi connectivity index (χ1n) is 12.4. The second-order valence-electron chi connectivity index (χ2n) is 9.23. The summed E-state index contributed by atoms with van der Waals surface area (Å²) in [7, 11) is 0. The molecule has 6 nitrogen and oxygen atoms in total. The quantitative estimate of drug-likeness (QED) is 0.399. The van der Waals surface area contributed by atoms with Gasteiger partial charge in [-0.05, 0) is 60.7 Å². The number of hydrogen-bond donors (Lipinski definition) is 1. The maximum Gasteiger partial charge on any atom is 0.304 e. The zero-order valence-corrected chi connectivity index (χ0v) is 20.6. The maximum atomic E-state index is 15.0. The Bertz CT molecular complexity index is 1320. The molecular formula is C30H28FNO5. The van der Waals surface area contributed by atoms with Crippen LogP contribution in [0.25, 0.3) is 11.1 Å². The van der Waals surface area contributed by atoms with Crippen LogP contribution in [0.15, 0.2) is 54.7 Å². The number of nitrogens with zero attached hydrogens (tertiary/aromatic N) is 1. The summed E-state index contributed by atoms with van der Waals surface area (Å²) in [5, 5.41) is 9.17. The van der Waals surface area contributed by atoms with Crippen molar-refractivity contribution in [2.75, 3.05) is 13.2 Å². The van der Waals surface area contributed by atoms with Gasteiger partial charge in [0.2, 0.25) is 5.88 Å². The maximum absolute atomic E-state index is 15.0. The lowest BCUT2D eigenvalue weighted by Gasteiger charge is -2.17. The van der Waals surface area contributed by atoms with E-state index in [1.54, 1.807) is 31.3 Å². The van der Waals surface area contributed by atoms with Crippen LogP contribution in [0.4, 0.5) is 4.39 Å². The first-order valence-corrected chi connectivity index (χ1v) is 12.4. The van der Waals surface area contributed by atoms with E-state index in [0.29, 0.717) is 43.2 Å². The van der Waals surface area contributed by atoms with Gasteiger partial charge in [0.05, 0.1) is 25.6 Å². The fourth-order valence-electron chi connectivity index (χ4n) is 4.99. The molecule has 37 heavy (non-hydrogen) atoms. The summed E-state index contributed by atoms with van der Waals surface area (Å²) < 4.78 is 32.4. The van der Waals surface area contributed by atoms with Crippen molar-refractivity contribution in [3.63, 3.8) is 0 Å². The number of pyridine rings is 1. The SMILES string of the molecule is CC#C[C@@H](CC(=O)O)c1ccc(O[C@@H]2CCc3c(-c4ccc(O[C@H]5CCOC5)nc4)ccc(F)c32)cc1. The number of hydrogen-bond acceptors (Lipinski definition) is 5. The molecule has 3 aromatic rings. The fraction of sp³-hybridized carbons (Fsp3) is 0.333. The highest BCUT2D eigenvalue weighted by Crippen LogP contribution is 2.42. The van der Waals surface area contributed by atoms with Crippen LogP contribution >= 0.6 is 0 Å². The van der Waals surface area contributed by atoms with Gasteiger partial charge in [0.15, 0.2) is 0 Å². The first-order chi connectivity index (χ1) is 18.0. The van der Waals surface area contributed by atoms with E-state index in [1.165, 1.54) is 6.07 Å². The summed E-state index contributed by atoms with van der Waals surface area (Å²) in [5.74, 6) is 5.32. The van der Waals surface area contributed by atoms with E-state index in [2.05, 4.69) is 16.8 Å². The topological polar surface area (TPSA) is 77.9 Å². The number of aromatic nitrogens is 1. The number of aliphatic carboxylic acids is 1. The van der Waals surface area contributed by atoms with Gasteiger partial charge in [-0.3, -0.25) is 4.79 Å². The molecule has 2 aliphatic rings. The molecule has 1 fully saturated rings. The third-order valence-corrected chi connectivity index (χ3v) is 6.76. The van der Waals surface area contributed by atoms with Crippen LogP contribution in [0.3, 0.4) is 0 Å². The third kappa shape index (κ3) is 5.60. The zero-order chi connectivity index (χ0) is 25.8. The van der Waals surface area contributed by atoms with Gasteiger partial charge in [-0.25, -0.2) is 9.37 Å². The second-order valence-corrected chi connectivity index (χ2v) is 9.23. The molecule has 3 atom stereocenters. The van der Waals surface area contributed by atoms with Crippen LogP contribution < -0.4 is 9.47 Å². The third-order valence-electron chi connectivity index (χ3n) is 6.76. The summed E-state index contributed by atoms with van der Waals surface area (Å²) >= 11 is 0. The van der Waals surface area contributed by atoms with E-state index in [4.69, 9.17) is 19.3 Å². The van der Waals surface area contributed by atoms with Crippen LogP contribution in [-0.2, 0) is 16.0 Å². The smallest absolute Gasteiger partial charge is 0.304 e. The Balaban J connectivity index is 1.33. The van der Waals surface area contributed by atoms with Gasteiger partial charge in [0.25, 0.3) is 0 Å². The minimum absolute atomic E-state index is 0.0306. The largest absolute Gasteiger partial charge is 0.486 e. The van der Waals surface area contributed by atoms with Crippen LogP contribution in [0.2, 0.25) is 0 Å². The molecule has 2 aromatic carbocycles. The van der Waals surface area contributed by atoms with Gasteiger partial charge in [0, 0.05) is 29.8 Å². The van der Waals surface area contributed by atoms with Crippen LogP contribution in [-0.4, -0.2) is 35.4 Å². The number of rotatable bonds is 8. The Kier molecular flexibility index (Phi) is 7.38. The molecular weight excluding hydrogens is 473 g/mol. The van der Waals surface area contributed by atoms with Gasteiger partial charge in [0.1, 0.15) is 23.8 Å². The van der Waals surface area contributed by atoms with Crippen molar-refractivity contribution >= 4 is 5.97 Å². The van der Waals surface area contributed by atoms with Crippen LogP contribution in [0.5, 0.6) is 11.6 Å². The molecule has 1 aromatic heterocycles. The minimum atomic E-state index is -0.900. The van der Waals surface area contributed by atoms with Crippen molar-refractivity contribution in [3.05, 3.63) is 77.2 Å². The Morgan fingerprint density at radius 1 is 1.16 bits per heavy atom. The number of carbonyl (C=O) groups is 1. The predicted molar refractivity (Wildman–Crippen MR) is 136 cm³/mol. The number of halogens is 1. The number of fused-ring (bicyclic) bond motifs is 1. The van der Waals surface area contributed by atoms with Crippen molar-refractivity contribution in [1.82, 2.24) is 4.98 Å². The zero-order valence-electron chi connectivity index (χ0n) is 20.6. The molecule has 1 saturated heterocycles. The lowest BCUT2D eigenvalue weighted by molar-refractivity contribution is -0.137. The normalized spacial score (nSPS) is 19.0. The highest BCUT2D eigenvalue weighted by Gasteiger charge is 2.30. The average Bonchev–Trinajstić information content (AvgIpc) is 3.56. The summed E-state index contributed by atoms with van der Waals surface area (Å²) in [4.78, 5) is 15.6. The Morgan fingerprint density at radius 2 is 2.00 bits per heavy atom. The van der Waals surface area contributed by atoms with E-state index >= 15 is 4.39 Å². The molecule has 0 unspecified atom stereocenters. The van der Waals surface area contributed by atoms with E-state index < -0.39 is 12.1 Å². The molecule has 0 bridgehead atoms. The number of carboxylic acid groups (broad SMARTS) is 1. The van der Waals surface area contributed by atoms with Gasteiger partial charge in [-0.1, -0.05) is 24.1 Å². The first kappa shape index (κ1) is 24.8. The predicted octanol–water partition coefficient (Wildman–Crippen LogP) is 5.70. The lowest BCUT2D eigenvalue weighted by atomic mass is 9.96. The highest BCUT2D eigenvalue weighted by molar-refractivity contribution is 5.70. The van der Waals surface area contributed by atoms with Crippen LogP contribution in [0, 0.1) is 17.7 Å². The Labute approximate surface area is 215 Å². The standard InChI is InChI=1S/C30H28FNO5/c1-2-3-20(16-29(33)34)19-4-7-22(8-5-19)36-27-12-10-25-24(9-11-26(31)30(25)27)21-6-13-28(32-17-21)37-23-14-15-35-18-23/h4-9,11,13,17,20,23,27H,10,12,14-16,18H2,1H3,(H,33,34)/t20-,23-,27+/m0/s1. The summed E-state index contributed by atoms with van der Waals surface area (Å²) in [6.45, 7) is 2.97. The van der Waals surface area contributed by atoms with Gasteiger partial charge in [-0.2, -0.15) is 0 Å². The number of carboxylic acids is 1. The number of ether oxygens (including phenoxy) is 3. The molecule has 2 heterocycles. The van der Waals surface area contributed by atoms with Crippen molar-refractivity contribution in [2.24, 2.45) is 0 Å². The molecule has 1 aliphatic heterocycles. The highest BCUT2D eigenvalue weighted by atomic mass is 19.1. The second kappa shape index (κ2) is 11.0. The summed E-state index contributed by atoms with van der Waals surface area (Å²) in [5.41, 5.74) is 4.16. The molecule has 190 valence electrons. The van der Waals surface area contributed by atoms with E-state index in [1.807, 2.05) is 24.3 Å². The van der Waals surface area contributed by atoms with Gasteiger partial charge >= 0.3 is 5.97 Å².